The number of rotatable bonds is 5. The fourth-order valence-electron chi connectivity index (χ4n) is 3.30. The molecule has 126 valence electrons. The zero-order chi connectivity index (χ0) is 17.4. The number of ether oxygens (including phenoxy) is 1. The highest BCUT2D eigenvalue weighted by molar-refractivity contribution is 6.11. The molecule has 2 fully saturated rings. The van der Waals surface area contributed by atoms with E-state index in [1.165, 1.54) is 29.2 Å². The van der Waals surface area contributed by atoms with Crippen molar-refractivity contribution < 1.29 is 24.0 Å². The van der Waals surface area contributed by atoms with E-state index in [0.29, 0.717) is 12.0 Å². The Morgan fingerprint density at radius 1 is 1.33 bits per heavy atom. The van der Waals surface area contributed by atoms with Crippen molar-refractivity contribution in [2.24, 2.45) is 5.92 Å². The summed E-state index contributed by atoms with van der Waals surface area (Å²) in [4.78, 5) is 47.6. The lowest BCUT2D eigenvalue weighted by Crippen LogP contribution is -2.61. The maximum atomic E-state index is 12.2. The Hall–Kier alpha value is -2.77. The third-order valence-electron chi connectivity index (χ3n) is 4.58. The largest absolute Gasteiger partial charge is 0.459 e. The number of amides is 1. The second-order valence-electron chi connectivity index (χ2n) is 5.93. The Balaban J connectivity index is 1.62. The van der Waals surface area contributed by atoms with E-state index in [2.05, 4.69) is 0 Å². The monoisotopic (exact) mass is 332 g/mol. The predicted molar refractivity (Wildman–Crippen MR) is 80.7 cm³/mol. The molecule has 8 heteroatoms. The Bertz CT molecular complexity index is 714. The average molecular weight is 332 g/mol. The first-order valence-corrected chi connectivity index (χ1v) is 7.69. The van der Waals surface area contributed by atoms with Crippen LogP contribution in [0.25, 0.3) is 0 Å². The summed E-state index contributed by atoms with van der Waals surface area (Å²) >= 11 is 0. The molecular formula is C16H16N2O6. The quantitative estimate of drug-likeness (QED) is 0.264. The molecule has 0 unspecified atom stereocenters. The van der Waals surface area contributed by atoms with Crippen molar-refractivity contribution in [3.8, 4) is 0 Å². The van der Waals surface area contributed by atoms with Gasteiger partial charge in [-0.3, -0.25) is 19.7 Å². The van der Waals surface area contributed by atoms with Gasteiger partial charge in [-0.2, -0.15) is 0 Å². The van der Waals surface area contributed by atoms with Crippen molar-refractivity contribution in [1.82, 2.24) is 4.90 Å². The Morgan fingerprint density at radius 2 is 2.00 bits per heavy atom. The zero-order valence-corrected chi connectivity index (χ0v) is 13.0. The smallest absolute Gasteiger partial charge is 0.337 e. The zero-order valence-electron chi connectivity index (χ0n) is 13.0. The highest BCUT2D eigenvalue weighted by atomic mass is 16.6. The SMILES string of the molecule is CC[C@@H]1C(=O)N2[C@@H](C(=O)OCc3ccc([N+](=O)[O-])cc3)C(=O)C[C@H]12. The summed E-state index contributed by atoms with van der Waals surface area (Å²) in [6.07, 6.45) is 0.847. The molecule has 3 atom stereocenters. The summed E-state index contributed by atoms with van der Waals surface area (Å²) in [6.45, 7) is 1.77. The lowest BCUT2D eigenvalue weighted by atomic mass is 9.86. The Kier molecular flexibility index (Phi) is 4.04. The molecule has 8 nitrogen and oxygen atoms in total. The molecule has 0 spiro atoms. The molecule has 1 aromatic rings. The van der Waals surface area contributed by atoms with Crippen LogP contribution in [0.3, 0.4) is 0 Å². The van der Waals surface area contributed by atoms with Crippen molar-refractivity contribution in [2.45, 2.75) is 38.5 Å². The Morgan fingerprint density at radius 3 is 2.58 bits per heavy atom. The molecule has 0 saturated carbocycles. The molecule has 2 heterocycles. The fourth-order valence-corrected chi connectivity index (χ4v) is 3.30. The number of carbonyl (C=O) groups is 3. The minimum absolute atomic E-state index is 0.0596. The van der Waals surface area contributed by atoms with Crippen molar-refractivity contribution in [3.63, 3.8) is 0 Å². The van der Waals surface area contributed by atoms with Crippen molar-refractivity contribution in [1.29, 1.82) is 0 Å². The van der Waals surface area contributed by atoms with Crippen LogP contribution in [0.4, 0.5) is 5.69 Å². The number of nitro groups is 1. The van der Waals surface area contributed by atoms with Crippen molar-refractivity contribution in [3.05, 3.63) is 39.9 Å². The molecule has 0 N–H and O–H groups in total. The van der Waals surface area contributed by atoms with Gasteiger partial charge in [0.2, 0.25) is 5.91 Å². The minimum Gasteiger partial charge on any atom is -0.459 e. The molecule has 1 aromatic carbocycles. The van der Waals surface area contributed by atoms with Crippen molar-refractivity contribution >= 4 is 23.3 Å². The third kappa shape index (κ3) is 2.53. The van der Waals surface area contributed by atoms with Gasteiger partial charge in [0.15, 0.2) is 11.8 Å². The van der Waals surface area contributed by atoms with Crippen LogP contribution in [0.1, 0.15) is 25.3 Å². The summed E-state index contributed by atoms with van der Waals surface area (Å²) in [5.41, 5.74) is 0.507. The van der Waals surface area contributed by atoms with Gasteiger partial charge < -0.3 is 9.64 Å². The van der Waals surface area contributed by atoms with Crippen LogP contribution in [-0.4, -0.2) is 39.6 Å². The third-order valence-corrected chi connectivity index (χ3v) is 4.58. The predicted octanol–water partition coefficient (Wildman–Crippen LogP) is 1.22. The number of hydrogen-bond donors (Lipinski definition) is 0. The van der Waals surface area contributed by atoms with Crippen LogP contribution >= 0.6 is 0 Å². The maximum absolute atomic E-state index is 12.2. The number of nitro benzene ring substituents is 1. The van der Waals surface area contributed by atoms with E-state index in [0.717, 1.165) is 0 Å². The highest BCUT2D eigenvalue weighted by Crippen LogP contribution is 2.39. The molecule has 2 aliphatic rings. The summed E-state index contributed by atoms with van der Waals surface area (Å²) in [5.74, 6) is -1.39. The van der Waals surface area contributed by atoms with Gasteiger partial charge in [-0.05, 0) is 24.1 Å². The molecule has 0 bridgehead atoms. The van der Waals surface area contributed by atoms with Gasteiger partial charge in [0.05, 0.1) is 16.9 Å². The number of ketones is 1. The minimum atomic E-state index is -1.15. The number of non-ortho nitro benzene ring substituents is 1. The fraction of sp³-hybridized carbons (Fsp3) is 0.438. The maximum Gasteiger partial charge on any atom is 0.337 e. The van der Waals surface area contributed by atoms with Gasteiger partial charge in [0.1, 0.15) is 6.61 Å². The topological polar surface area (TPSA) is 107 Å². The summed E-state index contributed by atoms with van der Waals surface area (Å²) in [5, 5.41) is 10.6. The number of hydrogen-bond acceptors (Lipinski definition) is 6. The second-order valence-corrected chi connectivity index (χ2v) is 5.93. The molecule has 0 radical (unpaired) electrons. The van der Waals surface area contributed by atoms with Gasteiger partial charge >= 0.3 is 5.97 Å². The van der Waals surface area contributed by atoms with Crippen LogP contribution in [0.2, 0.25) is 0 Å². The van der Waals surface area contributed by atoms with E-state index in [4.69, 9.17) is 4.74 Å². The van der Waals surface area contributed by atoms with Crippen LogP contribution in [0.15, 0.2) is 24.3 Å². The van der Waals surface area contributed by atoms with E-state index in [1.807, 2.05) is 6.92 Å². The van der Waals surface area contributed by atoms with Crippen LogP contribution < -0.4 is 0 Å². The molecule has 24 heavy (non-hydrogen) atoms. The van der Waals surface area contributed by atoms with Crippen molar-refractivity contribution in [2.75, 3.05) is 0 Å². The Labute approximate surface area is 137 Å². The van der Waals surface area contributed by atoms with Crippen LogP contribution in [0, 0.1) is 16.0 Å². The second kappa shape index (κ2) is 6.03. The standard InChI is InChI=1S/C16H16N2O6/c1-2-11-12-7-13(19)14(17(12)15(11)20)16(21)24-8-9-3-5-10(6-4-9)18(22)23/h3-6,11-12,14H,2,7-8H2,1H3/t11-,12+,14+/m0/s1. The number of fused-ring (bicyclic) bond motifs is 1. The van der Waals surface area contributed by atoms with E-state index in [9.17, 15) is 24.5 Å². The van der Waals surface area contributed by atoms with Crippen LogP contribution in [-0.2, 0) is 25.7 Å². The lowest BCUT2D eigenvalue weighted by molar-refractivity contribution is -0.384. The molecule has 1 amide bonds. The lowest BCUT2D eigenvalue weighted by Gasteiger charge is -2.43. The summed E-state index contributed by atoms with van der Waals surface area (Å²) in [6, 6.07) is 4.24. The van der Waals surface area contributed by atoms with E-state index < -0.39 is 16.9 Å². The van der Waals surface area contributed by atoms with Gasteiger partial charge in [-0.15, -0.1) is 0 Å². The molecular weight excluding hydrogens is 316 g/mol. The van der Waals surface area contributed by atoms with E-state index >= 15 is 0 Å². The molecule has 3 rings (SSSR count). The highest BCUT2D eigenvalue weighted by Gasteiger charge is 2.59. The summed E-state index contributed by atoms with van der Waals surface area (Å²) in [7, 11) is 0. The number of carbonyl (C=O) groups excluding carboxylic acids is 3. The first-order valence-electron chi connectivity index (χ1n) is 7.69. The first-order chi connectivity index (χ1) is 11.4. The van der Waals surface area contributed by atoms with Gasteiger partial charge in [-0.25, -0.2) is 4.79 Å². The number of β-lactam (4-membered cyclic amide) rings is 1. The first kappa shape index (κ1) is 16.1. The van der Waals surface area contributed by atoms with E-state index in [-0.39, 0.29) is 42.4 Å². The number of benzene rings is 1. The summed E-state index contributed by atoms with van der Waals surface area (Å²) < 4.78 is 5.13. The van der Waals surface area contributed by atoms with Gasteiger partial charge in [-0.1, -0.05) is 6.92 Å². The number of Topliss-reactive ketones (excluding diaryl/α,β-unsaturated/α-hetero) is 1. The normalized spacial score (nSPS) is 25.2. The van der Waals surface area contributed by atoms with Crippen LogP contribution in [0.5, 0.6) is 0 Å². The van der Waals surface area contributed by atoms with E-state index in [1.54, 1.807) is 0 Å². The average Bonchev–Trinajstić information content (AvgIpc) is 2.86. The molecule has 0 aliphatic carbocycles. The molecule has 2 aliphatic heterocycles. The number of esters is 1. The molecule has 0 aromatic heterocycles. The van der Waals surface area contributed by atoms with Gasteiger partial charge in [0, 0.05) is 18.6 Å². The van der Waals surface area contributed by atoms with Gasteiger partial charge in [0.25, 0.3) is 5.69 Å². The molecule has 2 saturated heterocycles. The number of nitrogens with zero attached hydrogens (tertiary/aromatic N) is 2.